The molecule has 0 aliphatic carbocycles. The Bertz CT molecular complexity index is 194. The summed E-state index contributed by atoms with van der Waals surface area (Å²) in [6.07, 6.45) is 0.0938. The predicted octanol–water partition coefficient (Wildman–Crippen LogP) is -0.977. The fourth-order valence-electron chi connectivity index (χ4n) is 2.52. The first kappa shape index (κ1) is 10.4. The first-order chi connectivity index (χ1) is 6.59. The van der Waals surface area contributed by atoms with Gasteiger partial charge in [-0.05, 0) is 18.4 Å². The minimum atomic E-state index is -0.548. The molecule has 0 aromatic heterocycles. The van der Waals surface area contributed by atoms with Gasteiger partial charge in [-0.15, -0.1) is 0 Å². The van der Waals surface area contributed by atoms with E-state index in [9.17, 15) is 10.2 Å². The van der Waals surface area contributed by atoms with Crippen LogP contribution in [0.1, 0.15) is 13.3 Å². The van der Waals surface area contributed by atoms with E-state index in [0.29, 0.717) is 18.5 Å². The number of likely N-dealkylation sites (tertiary alicyclic amines) is 1. The second-order valence-electron chi connectivity index (χ2n) is 5.07. The summed E-state index contributed by atoms with van der Waals surface area (Å²) in [6.45, 7) is 6.64. The average Bonchev–Trinajstić information content (AvgIpc) is 2.62. The molecule has 2 fully saturated rings. The Labute approximate surface area is 84.9 Å². The maximum Gasteiger partial charge on any atom is 0.0938 e. The lowest BCUT2D eigenvalue weighted by molar-refractivity contribution is 0.0572. The third-order valence-corrected chi connectivity index (χ3v) is 3.40. The number of hydrogen-bond acceptors (Lipinski definition) is 4. The van der Waals surface area contributed by atoms with Crippen LogP contribution >= 0.6 is 0 Å². The average molecular weight is 200 g/mol. The number of aliphatic hydroxyl groups excluding tert-OH is 2. The van der Waals surface area contributed by atoms with Gasteiger partial charge in [-0.1, -0.05) is 6.92 Å². The van der Waals surface area contributed by atoms with Gasteiger partial charge in [0.25, 0.3) is 0 Å². The van der Waals surface area contributed by atoms with Gasteiger partial charge in [0.15, 0.2) is 0 Å². The molecule has 14 heavy (non-hydrogen) atoms. The Balaban J connectivity index is 1.86. The van der Waals surface area contributed by atoms with Crippen molar-refractivity contribution in [3.05, 3.63) is 0 Å². The van der Waals surface area contributed by atoms with Gasteiger partial charge in [-0.3, -0.25) is 4.90 Å². The molecule has 2 saturated heterocycles. The maximum atomic E-state index is 9.42. The molecule has 3 unspecified atom stereocenters. The molecule has 0 amide bonds. The summed E-state index contributed by atoms with van der Waals surface area (Å²) in [5.41, 5.74) is 0.323. The highest BCUT2D eigenvalue weighted by Crippen LogP contribution is 2.27. The molecular formula is C10H20N2O2. The molecule has 2 aliphatic heterocycles. The summed E-state index contributed by atoms with van der Waals surface area (Å²) in [5.74, 6) is 0. The number of nitrogens with zero attached hydrogens (tertiary/aromatic N) is 1. The molecule has 2 heterocycles. The lowest BCUT2D eigenvalue weighted by Crippen LogP contribution is -2.36. The zero-order chi connectivity index (χ0) is 10.2. The van der Waals surface area contributed by atoms with Crippen molar-refractivity contribution < 1.29 is 10.2 Å². The van der Waals surface area contributed by atoms with Crippen molar-refractivity contribution in [1.82, 2.24) is 10.2 Å². The van der Waals surface area contributed by atoms with Gasteiger partial charge in [0.1, 0.15) is 0 Å². The van der Waals surface area contributed by atoms with Gasteiger partial charge in [-0.25, -0.2) is 0 Å². The van der Waals surface area contributed by atoms with Gasteiger partial charge >= 0.3 is 0 Å². The molecule has 0 spiro atoms. The SMILES string of the molecule is CC1(CN2CC(O)C(O)C2)CCNC1. The molecule has 4 heteroatoms. The van der Waals surface area contributed by atoms with Gasteiger partial charge < -0.3 is 15.5 Å². The predicted molar refractivity (Wildman–Crippen MR) is 54.0 cm³/mol. The van der Waals surface area contributed by atoms with Crippen molar-refractivity contribution in [2.45, 2.75) is 25.6 Å². The van der Waals surface area contributed by atoms with Crippen LogP contribution in [0.2, 0.25) is 0 Å². The normalized spacial score (nSPS) is 44.8. The highest BCUT2D eigenvalue weighted by Gasteiger charge is 2.36. The standard InChI is InChI=1S/C10H20N2O2/c1-10(2-3-11-6-10)7-12-4-8(13)9(14)5-12/h8-9,11,13-14H,2-7H2,1H3. The monoisotopic (exact) mass is 200 g/mol. The van der Waals surface area contributed by atoms with Crippen LogP contribution in [0.4, 0.5) is 0 Å². The summed E-state index contributed by atoms with van der Waals surface area (Å²) in [4.78, 5) is 2.17. The van der Waals surface area contributed by atoms with E-state index in [-0.39, 0.29) is 0 Å². The van der Waals surface area contributed by atoms with E-state index < -0.39 is 12.2 Å². The van der Waals surface area contributed by atoms with Crippen LogP contribution in [-0.2, 0) is 0 Å². The van der Waals surface area contributed by atoms with E-state index in [1.165, 1.54) is 6.42 Å². The summed E-state index contributed by atoms with van der Waals surface area (Å²) >= 11 is 0. The number of hydrogen-bond donors (Lipinski definition) is 3. The van der Waals surface area contributed by atoms with Gasteiger partial charge in [0, 0.05) is 26.2 Å². The van der Waals surface area contributed by atoms with E-state index in [1.54, 1.807) is 0 Å². The fourth-order valence-corrected chi connectivity index (χ4v) is 2.52. The van der Waals surface area contributed by atoms with Crippen molar-refractivity contribution >= 4 is 0 Å². The first-order valence-corrected chi connectivity index (χ1v) is 5.38. The van der Waals surface area contributed by atoms with Crippen LogP contribution < -0.4 is 5.32 Å². The summed E-state index contributed by atoms with van der Waals surface area (Å²) in [6, 6.07) is 0. The van der Waals surface area contributed by atoms with Crippen LogP contribution in [0.15, 0.2) is 0 Å². The van der Waals surface area contributed by atoms with E-state index >= 15 is 0 Å². The molecule has 0 radical (unpaired) electrons. The largest absolute Gasteiger partial charge is 0.389 e. The third-order valence-electron chi connectivity index (χ3n) is 3.40. The van der Waals surface area contributed by atoms with Gasteiger partial charge in [0.05, 0.1) is 12.2 Å². The van der Waals surface area contributed by atoms with Gasteiger partial charge in [-0.2, -0.15) is 0 Å². The quantitative estimate of drug-likeness (QED) is 0.536. The minimum absolute atomic E-state index is 0.323. The van der Waals surface area contributed by atoms with Crippen LogP contribution in [0.25, 0.3) is 0 Å². The highest BCUT2D eigenvalue weighted by atomic mass is 16.3. The molecule has 0 saturated carbocycles. The molecule has 3 N–H and O–H groups in total. The molecule has 0 aromatic rings. The fraction of sp³-hybridized carbons (Fsp3) is 1.00. The van der Waals surface area contributed by atoms with Crippen LogP contribution in [0, 0.1) is 5.41 Å². The molecule has 2 aliphatic rings. The topological polar surface area (TPSA) is 55.7 Å². The van der Waals surface area contributed by atoms with E-state index in [1.807, 2.05) is 0 Å². The molecule has 3 atom stereocenters. The van der Waals surface area contributed by atoms with E-state index in [4.69, 9.17) is 0 Å². The third kappa shape index (κ3) is 2.08. The zero-order valence-electron chi connectivity index (χ0n) is 8.74. The molecule has 0 aromatic carbocycles. The van der Waals surface area contributed by atoms with Crippen molar-refractivity contribution in [3.8, 4) is 0 Å². The molecule has 2 rings (SSSR count). The smallest absolute Gasteiger partial charge is 0.0938 e. The molecule has 4 nitrogen and oxygen atoms in total. The lowest BCUT2D eigenvalue weighted by Gasteiger charge is -2.28. The highest BCUT2D eigenvalue weighted by molar-refractivity contribution is 4.91. The second-order valence-corrected chi connectivity index (χ2v) is 5.07. The Morgan fingerprint density at radius 1 is 1.36 bits per heavy atom. The molecule has 0 bridgehead atoms. The van der Waals surface area contributed by atoms with Crippen molar-refractivity contribution in [3.63, 3.8) is 0 Å². The zero-order valence-corrected chi connectivity index (χ0v) is 8.74. The number of β-amino-alcohol motifs (C(OH)–C–C–N with tert-alkyl or cyclic N) is 2. The lowest BCUT2D eigenvalue weighted by atomic mass is 9.89. The van der Waals surface area contributed by atoms with Crippen molar-refractivity contribution in [2.24, 2.45) is 5.41 Å². The first-order valence-electron chi connectivity index (χ1n) is 5.38. The minimum Gasteiger partial charge on any atom is -0.389 e. The maximum absolute atomic E-state index is 9.42. The number of aliphatic hydroxyl groups is 2. The van der Waals surface area contributed by atoms with E-state index in [2.05, 4.69) is 17.1 Å². The van der Waals surface area contributed by atoms with Crippen LogP contribution in [-0.4, -0.2) is 60.0 Å². The second kappa shape index (κ2) is 3.77. The number of rotatable bonds is 2. The molecule has 82 valence electrons. The Hall–Kier alpha value is -0.160. The summed E-state index contributed by atoms with van der Waals surface area (Å²) in [5, 5.41) is 22.2. The van der Waals surface area contributed by atoms with Crippen molar-refractivity contribution in [1.29, 1.82) is 0 Å². The number of nitrogens with one attached hydrogen (secondary N) is 1. The van der Waals surface area contributed by atoms with Crippen LogP contribution in [0.5, 0.6) is 0 Å². The summed E-state index contributed by atoms with van der Waals surface area (Å²) in [7, 11) is 0. The Kier molecular flexibility index (Phi) is 2.79. The Morgan fingerprint density at radius 3 is 2.50 bits per heavy atom. The summed E-state index contributed by atoms with van der Waals surface area (Å²) < 4.78 is 0. The van der Waals surface area contributed by atoms with Gasteiger partial charge in [0.2, 0.25) is 0 Å². The molecular weight excluding hydrogens is 180 g/mol. The Morgan fingerprint density at radius 2 is 2.00 bits per heavy atom. The van der Waals surface area contributed by atoms with Crippen LogP contribution in [0.3, 0.4) is 0 Å². The van der Waals surface area contributed by atoms with Crippen molar-refractivity contribution in [2.75, 3.05) is 32.7 Å². The van der Waals surface area contributed by atoms with E-state index in [0.717, 1.165) is 19.6 Å².